The van der Waals surface area contributed by atoms with Crippen molar-refractivity contribution in [1.82, 2.24) is 10.2 Å². The summed E-state index contributed by atoms with van der Waals surface area (Å²) in [6.07, 6.45) is 4.02. The van der Waals surface area contributed by atoms with Crippen molar-refractivity contribution in [2.75, 3.05) is 13.1 Å². The van der Waals surface area contributed by atoms with Gasteiger partial charge in [0, 0.05) is 19.1 Å². The topological polar surface area (TPSA) is 15.3 Å². The maximum absolute atomic E-state index is 6.35. The van der Waals surface area contributed by atoms with E-state index in [9.17, 15) is 0 Å². The molecule has 0 amide bonds. The second-order valence-electron chi connectivity index (χ2n) is 6.59. The Balaban J connectivity index is 0.00000156. The number of hydrogen-bond donors (Lipinski definition) is 1. The lowest BCUT2D eigenvalue weighted by atomic mass is 9.93. The van der Waals surface area contributed by atoms with Crippen molar-refractivity contribution < 1.29 is 0 Å². The van der Waals surface area contributed by atoms with Gasteiger partial charge in [-0.3, -0.25) is 4.90 Å². The Morgan fingerprint density at radius 2 is 2.04 bits per heavy atom. The number of thiophene rings is 2. The molecule has 1 aliphatic carbocycles. The van der Waals surface area contributed by atoms with Crippen LogP contribution in [0.5, 0.6) is 0 Å². The summed E-state index contributed by atoms with van der Waals surface area (Å²) in [6, 6.07) is 5.17. The molecule has 2 aromatic rings. The molecule has 2 nitrogen and oxygen atoms in total. The molecule has 0 bridgehead atoms. The molecular weight excluding hydrogens is 367 g/mol. The van der Waals surface area contributed by atoms with Crippen molar-refractivity contribution in [1.29, 1.82) is 0 Å². The lowest BCUT2D eigenvalue weighted by Gasteiger charge is -2.29. The van der Waals surface area contributed by atoms with E-state index >= 15 is 0 Å². The maximum atomic E-state index is 6.35. The van der Waals surface area contributed by atoms with Gasteiger partial charge in [-0.15, -0.1) is 23.7 Å². The van der Waals surface area contributed by atoms with Crippen LogP contribution in [-0.2, 0) is 13.1 Å². The molecule has 1 saturated carbocycles. The summed E-state index contributed by atoms with van der Waals surface area (Å²) in [7, 11) is 0. The van der Waals surface area contributed by atoms with Gasteiger partial charge in [0.1, 0.15) is 0 Å². The quantitative estimate of drug-likeness (QED) is 0.772. The zero-order chi connectivity index (χ0) is 15.0. The highest BCUT2D eigenvalue weighted by atomic mass is 35.5. The van der Waals surface area contributed by atoms with Crippen LogP contribution in [0.2, 0.25) is 4.34 Å². The Hall–Kier alpha value is -0.100. The highest BCUT2D eigenvalue weighted by Gasteiger charge is 2.56. The predicted octanol–water partition coefficient (Wildman–Crippen LogP) is 5.03. The molecule has 2 aromatic heterocycles. The third-order valence-corrected chi connectivity index (χ3v) is 7.20. The Kier molecular flexibility index (Phi) is 5.72. The molecule has 4 rings (SSSR count). The van der Waals surface area contributed by atoms with Crippen LogP contribution in [0.15, 0.2) is 28.3 Å². The van der Waals surface area contributed by atoms with Gasteiger partial charge < -0.3 is 5.32 Å². The second kappa shape index (κ2) is 7.42. The van der Waals surface area contributed by atoms with E-state index in [1.54, 1.807) is 22.7 Å². The minimum atomic E-state index is 0. The van der Waals surface area contributed by atoms with Crippen LogP contribution in [0.4, 0.5) is 0 Å². The van der Waals surface area contributed by atoms with Gasteiger partial charge in [0.25, 0.3) is 0 Å². The Bertz CT molecular complexity index is 620. The number of halogens is 2. The van der Waals surface area contributed by atoms with E-state index in [-0.39, 0.29) is 12.4 Å². The van der Waals surface area contributed by atoms with E-state index in [2.05, 4.69) is 38.5 Å². The highest BCUT2D eigenvalue weighted by molar-refractivity contribution is 7.14. The molecule has 1 saturated heterocycles. The third-order valence-electron chi connectivity index (χ3n) is 5.22. The Morgan fingerprint density at radius 3 is 2.70 bits per heavy atom. The van der Waals surface area contributed by atoms with Crippen LogP contribution in [0.3, 0.4) is 0 Å². The molecule has 1 unspecified atom stereocenters. The minimum absolute atomic E-state index is 0. The van der Waals surface area contributed by atoms with Crippen molar-refractivity contribution in [2.24, 2.45) is 5.41 Å². The van der Waals surface area contributed by atoms with Gasteiger partial charge in [0.15, 0.2) is 0 Å². The van der Waals surface area contributed by atoms with Crippen molar-refractivity contribution in [3.63, 3.8) is 0 Å². The van der Waals surface area contributed by atoms with Crippen LogP contribution in [0, 0.1) is 5.41 Å². The summed E-state index contributed by atoms with van der Waals surface area (Å²) in [5, 5.41) is 10.1. The van der Waals surface area contributed by atoms with E-state index in [0.717, 1.165) is 23.5 Å². The summed E-state index contributed by atoms with van der Waals surface area (Å²) >= 11 is 9.79. The minimum Gasteiger partial charge on any atom is -0.317 e. The van der Waals surface area contributed by atoms with Crippen LogP contribution >= 0.6 is 46.7 Å². The molecule has 126 valence electrons. The molecule has 1 N–H and O–H groups in total. The molecule has 3 heterocycles. The number of nitrogens with zero attached hydrogens (tertiary/aromatic N) is 1. The van der Waals surface area contributed by atoms with Crippen LogP contribution in [0.25, 0.3) is 0 Å². The molecule has 2 fully saturated rings. The van der Waals surface area contributed by atoms with E-state index < -0.39 is 0 Å². The molecule has 2 aliphatic rings. The molecule has 23 heavy (non-hydrogen) atoms. The molecule has 1 aliphatic heterocycles. The standard InChI is InChI=1S/C17H21ClN2S2.ClH/c18-16-14(2-8-22-16)11-20(10-13-1-7-21-12-13)15-9-17(15)3-5-19-6-4-17;/h1-2,7-8,12,15,19H,3-6,9-11H2;1H. The number of hydrogen-bond acceptors (Lipinski definition) is 4. The normalized spacial score (nSPS) is 22.3. The maximum Gasteiger partial charge on any atom is 0.0973 e. The first-order valence-corrected chi connectivity index (χ1v) is 10.1. The smallest absolute Gasteiger partial charge is 0.0973 e. The molecule has 1 atom stereocenters. The molecule has 1 spiro atoms. The van der Waals surface area contributed by atoms with Gasteiger partial charge >= 0.3 is 0 Å². The summed E-state index contributed by atoms with van der Waals surface area (Å²) in [4.78, 5) is 2.67. The molecule has 0 aromatic carbocycles. The average Bonchev–Trinajstić information content (AvgIpc) is 2.90. The van der Waals surface area contributed by atoms with Gasteiger partial charge in [0.2, 0.25) is 0 Å². The van der Waals surface area contributed by atoms with Crippen molar-refractivity contribution in [3.8, 4) is 0 Å². The zero-order valence-electron chi connectivity index (χ0n) is 13.0. The fourth-order valence-corrected chi connectivity index (χ4v) is 5.42. The van der Waals surface area contributed by atoms with E-state index in [0.29, 0.717) is 5.41 Å². The Labute approximate surface area is 157 Å². The Morgan fingerprint density at radius 1 is 1.22 bits per heavy atom. The van der Waals surface area contributed by atoms with E-state index in [4.69, 9.17) is 11.6 Å². The highest BCUT2D eigenvalue weighted by Crippen LogP contribution is 2.56. The molecular formula is C17H22Cl2N2S2. The monoisotopic (exact) mass is 388 g/mol. The fourth-order valence-electron chi connectivity index (χ4n) is 3.85. The SMILES string of the molecule is Cl.Clc1sccc1CN(Cc1ccsc1)C1CC12CCNCC2. The van der Waals surface area contributed by atoms with Crippen LogP contribution in [-0.4, -0.2) is 24.0 Å². The first-order chi connectivity index (χ1) is 10.8. The summed E-state index contributed by atoms with van der Waals surface area (Å²) in [6.45, 7) is 4.40. The first kappa shape index (κ1) is 17.7. The second-order valence-corrected chi connectivity index (χ2v) is 8.89. The predicted molar refractivity (Wildman–Crippen MR) is 103 cm³/mol. The average molecular weight is 389 g/mol. The summed E-state index contributed by atoms with van der Waals surface area (Å²) < 4.78 is 0.954. The summed E-state index contributed by atoms with van der Waals surface area (Å²) in [5.74, 6) is 0. The summed E-state index contributed by atoms with van der Waals surface area (Å²) in [5.41, 5.74) is 3.30. The van der Waals surface area contributed by atoms with Crippen LogP contribution in [0.1, 0.15) is 30.4 Å². The van der Waals surface area contributed by atoms with Gasteiger partial charge in [-0.2, -0.15) is 11.3 Å². The van der Waals surface area contributed by atoms with Crippen LogP contribution < -0.4 is 5.32 Å². The lowest BCUT2D eigenvalue weighted by Crippen LogP contribution is -2.35. The van der Waals surface area contributed by atoms with Gasteiger partial charge in [-0.25, -0.2) is 0 Å². The lowest BCUT2D eigenvalue weighted by molar-refractivity contribution is 0.188. The van der Waals surface area contributed by atoms with Gasteiger partial charge in [-0.05, 0) is 77.2 Å². The van der Waals surface area contributed by atoms with Crippen molar-refractivity contribution in [3.05, 3.63) is 43.7 Å². The van der Waals surface area contributed by atoms with E-state index in [1.165, 1.54) is 43.5 Å². The third kappa shape index (κ3) is 3.78. The van der Waals surface area contributed by atoms with Gasteiger partial charge in [-0.1, -0.05) is 11.6 Å². The molecule has 0 radical (unpaired) electrons. The fraction of sp³-hybridized carbons (Fsp3) is 0.529. The molecule has 6 heteroatoms. The van der Waals surface area contributed by atoms with Gasteiger partial charge in [0.05, 0.1) is 4.34 Å². The number of rotatable bonds is 5. The number of piperidine rings is 1. The largest absolute Gasteiger partial charge is 0.317 e. The van der Waals surface area contributed by atoms with Crippen molar-refractivity contribution >= 4 is 46.7 Å². The van der Waals surface area contributed by atoms with Crippen molar-refractivity contribution in [2.45, 2.75) is 38.4 Å². The first-order valence-electron chi connectivity index (χ1n) is 7.95. The zero-order valence-corrected chi connectivity index (χ0v) is 16.2. The van der Waals surface area contributed by atoms with E-state index in [1.807, 2.05) is 0 Å². The number of nitrogens with one attached hydrogen (secondary N) is 1.